The average molecular weight is 434 g/mol. The molecule has 8 heteroatoms. The van der Waals surface area contributed by atoms with Crippen molar-refractivity contribution in [3.63, 3.8) is 0 Å². The van der Waals surface area contributed by atoms with Crippen LogP contribution < -0.4 is 5.32 Å². The Morgan fingerprint density at radius 1 is 1.09 bits per heavy atom. The fourth-order valence-corrected chi connectivity index (χ4v) is 6.91. The molecule has 0 atom stereocenters. The summed E-state index contributed by atoms with van der Waals surface area (Å²) >= 11 is 0. The summed E-state index contributed by atoms with van der Waals surface area (Å²) in [4.78, 5) is 28.8. The zero-order chi connectivity index (χ0) is 21.9. The van der Waals surface area contributed by atoms with Crippen LogP contribution in [0.5, 0.6) is 0 Å². The third kappa shape index (κ3) is 3.38. The predicted molar refractivity (Wildman–Crippen MR) is 116 cm³/mol. The number of amides is 1. The summed E-state index contributed by atoms with van der Waals surface area (Å²) in [6, 6.07) is 5.54. The lowest BCUT2D eigenvalue weighted by Gasteiger charge is -2.56. The van der Waals surface area contributed by atoms with Crippen LogP contribution in [0, 0.1) is 23.2 Å². The Morgan fingerprint density at radius 2 is 1.81 bits per heavy atom. The molecule has 4 bridgehead atoms. The summed E-state index contributed by atoms with van der Waals surface area (Å²) in [5.74, 6) is 1.51. The number of nitrogens with zero attached hydrogens (tertiary/aromatic N) is 4. The number of rotatable bonds is 6. The van der Waals surface area contributed by atoms with Crippen LogP contribution >= 0.6 is 0 Å². The number of imidazole rings is 1. The normalized spacial score (nSPS) is 28.3. The topological polar surface area (TPSA) is 102 Å². The number of nitrogens with one attached hydrogen (secondary N) is 1. The van der Waals surface area contributed by atoms with Crippen LogP contribution in [0.1, 0.15) is 65.1 Å². The Labute approximate surface area is 185 Å². The smallest absolute Gasteiger partial charge is 0.338 e. The number of carboxylic acids is 1. The molecule has 0 spiro atoms. The largest absolute Gasteiger partial charge is 0.478 e. The van der Waals surface area contributed by atoms with Crippen molar-refractivity contribution < 1.29 is 14.7 Å². The molecule has 3 aromatic heterocycles. The predicted octanol–water partition coefficient (Wildman–Crippen LogP) is 3.22. The lowest BCUT2D eigenvalue weighted by atomic mass is 9.49. The number of pyridine rings is 1. The molecular weight excluding hydrogens is 406 g/mol. The molecule has 4 aliphatic carbocycles. The first-order chi connectivity index (χ1) is 15.5. The van der Waals surface area contributed by atoms with Crippen molar-refractivity contribution in [2.75, 3.05) is 6.54 Å². The standard InChI is InChI=1S/C24H27N5O3/c30-22(25-14-24-7-15-4-16(8-24)6-17(5-15)9-24)20-2-1-3-21-27-19(13-29(20)21)12-28-11-18(10-26-28)23(31)32/h1-3,10-11,13,15-17H,4-9,12,14H2,(H,25,30)(H,31,32). The summed E-state index contributed by atoms with van der Waals surface area (Å²) in [5, 5.41) is 16.4. The maximum Gasteiger partial charge on any atom is 0.338 e. The van der Waals surface area contributed by atoms with E-state index in [4.69, 9.17) is 5.11 Å². The van der Waals surface area contributed by atoms with Crippen molar-refractivity contribution in [1.82, 2.24) is 24.5 Å². The van der Waals surface area contributed by atoms with Gasteiger partial charge in [-0.05, 0) is 73.8 Å². The lowest BCUT2D eigenvalue weighted by Crippen LogP contribution is -2.51. The van der Waals surface area contributed by atoms with Crippen molar-refractivity contribution >= 4 is 17.5 Å². The van der Waals surface area contributed by atoms with E-state index >= 15 is 0 Å². The number of aromatic carboxylic acids is 1. The summed E-state index contributed by atoms with van der Waals surface area (Å²) in [7, 11) is 0. The summed E-state index contributed by atoms with van der Waals surface area (Å²) in [6.07, 6.45) is 12.6. The van der Waals surface area contributed by atoms with Crippen molar-refractivity contribution in [2.45, 2.75) is 45.1 Å². The van der Waals surface area contributed by atoms with Gasteiger partial charge < -0.3 is 10.4 Å². The summed E-state index contributed by atoms with van der Waals surface area (Å²) < 4.78 is 3.35. The first-order valence-electron chi connectivity index (χ1n) is 11.5. The Hall–Kier alpha value is -3.16. The van der Waals surface area contributed by atoms with Crippen LogP contribution in [-0.2, 0) is 6.54 Å². The number of carboxylic acid groups (broad SMARTS) is 1. The van der Waals surface area contributed by atoms with Crippen molar-refractivity contribution in [2.24, 2.45) is 23.2 Å². The number of hydrogen-bond acceptors (Lipinski definition) is 4. The monoisotopic (exact) mass is 433 g/mol. The maximum atomic E-state index is 13.2. The molecule has 3 aromatic rings. The molecule has 7 rings (SSSR count). The third-order valence-electron chi connectivity index (χ3n) is 7.77. The first kappa shape index (κ1) is 19.5. The van der Waals surface area contributed by atoms with Gasteiger partial charge in [0, 0.05) is 18.9 Å². The van der Waals surface area contributed by atoms with Gasteiger partial charge in [-0.25, -0.2) is 9.78 Å². The fourth-order valence-electron chi connectivity index (χ4n) is 6.91. The van der Waals surface area contributed by atoms with Gasteiger partial charge in [0.1, 0.15) is 11.3 Å². The fraction of sp³-hybridized carbons (Fsp3) is 0.500. The molecule has 0 radical (unpaired) electrons. The molecular formula is C24H27N5O3. The van der Waals surface area contributed by atoms with Crippen LogP contribution in [0.25, 0.3) is 5.65 Å². The SMILES string of the molecule is O=C(O)c1cnn(Cc2cn3c(C(=O)NCC45CC6CC(CC(C6)C4)C5)cccc3n2)c1. The maximum absolute atomic E-state index is 13.2. The van der Waals surface area contributed by atoms with E-state index in [0.29, 0.717) is 29.0 Å². The molecule has 0 saturated heterocycles. The second-order valence-corrected chi connectivity index (χ2v) is 10.2. The highest BCUT2D eigenvalue weighted by atomic mass is 16.4. The van der Waals surface area contributed by atoms with Gasteiger partial charge in [-0.1, -0.05) is 6.07 Å². The Kier molecular flexibility index (Phi) is 4.38. The highest BCUT2D eigenvalue weighted by Gasteiger charge is 2.50. The van der Waals surface area contributed by atoms with E-state index in [1.54, 1.807) is 0 Å². The first-order valence-corrected chi connectivity index (χ1v) is 11.5. The second kappa shape index (κ2) is 7.18. The van der Waals surface area contributed by atoms with E-state index in [9.17, 15) is 9.59 Å². The van der Waals surface area contributed by atoms with E-state index in [1.165, 1.54) is 55.6 Å². The van der Waals surface area contributed by atoms with Crippen LogP contribution in [-0.4, -0.2) is 42.7 Å². The summed E-state index contributed by atoms with van der Waals surface area (Å²) in [6.45, 7) is 1.10. The van der Waals surface area contributed by atoms with Crippen LogP contribution in [0.2, 0.25) is 0 Å². The van der Waals surface area contributed by atoms with E-state index in [0.717, 1.165) is 24.3 Å². The number of carbonyl (C=O) groups is 2. The van der Waals surface area contributed by atoms with Gasteiger partial charge in [-0.15, -0.1) is 0 Å². The molecule has 32 heavy (non-hydrogen) atoms. The molecule has 166 valence electrons. The number of carbonyl (C=O) groups excluding carboxylic acids is 1. The Balaban J connectivity index is 1.19. The number of hydrogen-bond donors (Lipinski definition) is 2. The van der Waals surface area contributed by atoms with Crippen LogP contribution in [0.4, 0.5) is 0 Å². The molecule has 4 saturated carbocycles. The van der Waals surface area contributed by atoms with Crippen LogP contribution in [0.3, 0.4) is 0 Å². The van der Waals surface area contributed by atoms with E-state index < -0.39 is 5.97 Å². The second-order valence-electron chi connectivity index (χ2n) is 10.2. The van der Waals surface area contributed by atoms with Gasteiger partial charge >= 0.3 is 5.97 Å². The molecule has 4 fully saturated rings. The van der Waals surface area contributed by atoms with Gasteiger partial charge in [0.25, 0.3) is 5.91 Å². The van der Waals surface area contributed by atoms with Gasteiger partial charge in [0.05, 0.1) is 24.0 Å². The molecule has 4 aliphatic rings. The number of fused-ring (bicyclic) bond motifs is 1. The van der Waals surface area contributed by atoms with Gasteiger partial charge in [0.2, 0.25) is 0 Å². The van der Waals surface area contributed by atoms with Gasteiger partial charge in [0.15, 0.2) is 0 Å². The Morgan fingerprint density at radius 3 is 2.47 bits per heavy atom. The van der Waals surface area contributed by atoms with Crippen molar-refractivity contribution in [1.29, 1.82) is 0 Å². The van der Waals surface area contributed by atoms with Crippen LogP contribution in [0.15, 0.2) is 36.8 Å². The minimum atomic E-state index is -1.01. The van der Waals surface area contributed by atoms with Crippen molar-refractivity contribution in [3.8, 4) is 0 Å². The van der Waals surface area contributed by atoms with E-state index in [-0.39, 0.29) is 11.5 Å². The highest BCUT2D eigenvalue weighted by molar-refractivity contribution is 5.93. The molecule has 0 aliphatic heterocycles. The molecule has 3 heterocycles. The minimum Gasteiger partial charge on any atom is -0.478 e. The lowest BCUT2D eigenvalue weighted by molar-refractivity contribution is -0.0503. The quantitative estimate of drug-likeness (QED) is 0.622. The zero-order valence-electron chi connectivity index (χ0n) is 17.9. The minimum absolute atomic E-state index is 0.0671. The summed E-state index contributed by atoms with van der Waals surface area (Å²) in [5.41, 5.74) is 2.40. The molecule has 1 amide bonds. The Bertz CT molecular complexity index is 1170. The number of aromatic nitrogens is 4. The zero-order valence-corrected chi connectivity index (χ0v) is 17.9. The molecule has 0 aromatic carbocycles. The van der Waals surface area contributed by atoms with Crippen molar-refractivity contribution in [3.05, 3.63) is 53.7 Å². The molecule has 2 N–H and O–H groups in total. The van der Waals surface area contributed by atoms with Gasteiger partial charge in [-0.3, -0.25) is 13.9 Å². The average Bonchev–Trinajstić information content (AvgIpc) is 3.38. The highest BCUT2D eigenvalue weighted by Crippen LogP contribution is 2.59. The van der Waals surface area contributed by atoms with E-state index in [2.05, 4.69) is 15.4 Å². The molecule has 8 nitrogen and oxygen atoms in total. The van der Waals surface area contributed by atoms with Gasteiger partial charge in [-0.2, -0.15) is 5.10 Å². The molecule has 0 unspecified atom stereocenters. The van der Waals surface area contributed by atoms with E-state index in [1.807, 2.05) is 28.8 Å². The third-order valence-corrected chi connectivity index (χ3v) is 7.77.